The van der Waals surface area contributed by atoms with Crippen molar-refractivity contribution < 1.29 is 18.9 Å². The maximum absolute atomic E-state index is 11.2. The Bertz CT molecular complexity index is 890. The number of piperidine rings is 1. The van der Waals surface area contributed by atoms with E-state index >= 15 is 0 Å². The van der Waals surface area contributed by atoms with Crippen LogP contribution >= 0.6 is 7.82 Å². The van der Waals surface area contributed by atoms with Gasteiger partial charge in [0.2, 0.25) is 0 Å². The van der Waals surface area contributed by atoms with Gasteiger partial charge in [-0.3, -0.25) is 4.52 Å². The van der Waals surface area contributed by atoms with E-state index < -0.39 is 13.9 Å². The molecule has 2 aliphatic heterocycles. The number of nitrogens with zero attached hydrogens (tertiary/aromatic N) is 2. The fourth-order valence-corrected chi connectivity index (χ4v) is 4.97. The molecule has 2 saturated heterocycles. The van der Waals surface area contributed by atoms with Crippen LogP contribution in [0.4, 0.5) is 5.69 Å². The van der Waals surface area contributed by atoms with Gasteiger partial charge in [0, 0.05) is 28.5 Å². The van der Waals surface area contributed by atoms with Crippen molar-refractivity contribution in [2.45, 2.75) is 43.9 Å². The molecule has 2 bridgehead atoms. The topological polar surface area (TPSA) is 93.8 Å². The summed E-state index contributed by atoms with van der Waals surface area (Å²) < 4.78 is 16.1. The Balaban J connectivity index is 1.70. The monoisotopic (exact) mass is 358 g/mol. The summed E-state index contributed by atoms with van der Waals surface area (Å²) in [4.78, 5) is 20.5. The zero-order valence-electron chi connectivity index (χ0n) is 13.6. The van der Waals surface area contributed by atoms with Gasteiger partial charge in [-0.25, -0.2) is 4.57 Å². The van der Waals surface area contributed by atoms with Crippen molar-refractivity contribution in [3.63, 3.8) is 0 Å². The third-order valence-electron chi connectivity index (χ3n) is 5.28. The predicted molar refractivity (Wildman–Crippen MR) is 94.1 cm³/mol. The summed E-state index contributed by atoms with van der Waals surface area (Å²) in [6, 6.07) is 14.4. The van der Waals surface area contributed by atoms with Crippen LogP contribution < -0.4 is 4.90 Å². The molecule has 0 spiro atoms. The number of hydrogen-bond donors (Lipinski definition) is 2. The largest absolute Gasteiger partial charge is 0.469 e. The molecule has 7 heteroatoms. The molecule has 0 radical (unpaired) electrons. The number of rotatable bonds is 3. The third-order valence-corrected chi connectivity index (χ3v) is 5.85. The zero-order chi connectivity index (χ0) is 17.6. The predicted octanol–water partition coefficient (Wildman–Crippen LogP) is 3.32. The molecule has 2 unspecified atom stereocenters. The van der Waals surface area contributed by atoms with Crippen LogP contribution in [-0.2, 0) is 9.09 Å². The van der Waals surface area contributed by atoms with E-state index in [1.807, 2.05) is 36.4 Å². The standard InChI is InChI=1S/C18H19N2O4P/c19-11-12-5-8-18(17-4-2-1-3-16(12)17)20-13-6-7-14(20)10-15(9-13)24-25(21,22)23/h1-5,8,13-15H,6-7,9-10H2,(H2,21,22,23). The normalized spacial score (nSPS) is 26.0. The minimum atomic E-state index is -4.46. The first-order valence-electron chi connectivity index (χ1n) is 8.40. The van der Waals surface area contributed by atoms with E-state index in [-0.39, 0.29) is 12.1 Å². The third kappa shape index (κ3) is 3.05. The molecule has 2 aliphatic rings. The number of nitriles is 1. The molecule has 6 nitrogen and oxygen atoms in total. The number of phosphoric acid groups is 1. The SMILES string of the molecule is N#Cc1ccc(N2C3CCC2CC(OP(=O)(O)O)C3)c2ccccc12. The minimum absolute atomic E-state index is 0.201. The summed E-state index contributed by atoms with van der Waals surface area (Å²) in [6.45, 7) is 0. The Labute approximate surface area is 145 Å². The van der Waals surface area contributed by atoms with Crippen molar-refractivity contribution in [2.24, 2.45) is 0 Å². The number of phosphoric ester groups is 1. The van der Waals surface area contributed by atoms with Gasteiger partial charge in [0.15, 0.2) is 0 Å². The second-order valence-corrected chi connectivity index (χ2v) is 7.96. The van der Waals surface area contributed by atoms with Crippen molar-refractivity contribution in [1.29, 1.82) is 5.26 Å². The lowest BCUT2D eigenvalue weighted by atomic mass is 9.96. The van der Waals surface area contributed by atoms with Gasteiger partial charge in [0.1, 0.15) is 0 Å². The van der Waals surface area contributed by atoms with Crippen LogP contribution in [0.3, 0.4) is 0 Å². The van der Waals surface area contributed by atoms with Crippen LogP contribution in [-0.4, -0.2) is 28.0 Å². The number of hydrogen-bond acceptors (Lipinski definition) is 4. The molecular formula is C18H19N2O4P. The smallest absolute Gasteiger partial charge is 0.365 e. The molecule has 4 rings (SSSR count). The molecule has 130 valence electrons. The lowest BCUT2D eigenvalue weighted by Gasteiger charge is -2.40. The molecule has 2 N–H and O–H groups in total. The highest BCUT2D eigenvalue weighted by molar-refractivity contribution is 7.46. The van der Waals surface area contributed by atoms with Crippen molar-refractivity contribution >= 4 is 24.3 Å². The lowest BCUT2D eigenvalue weighted by molar-refractivity contribution is 0.102. The van der Waals surface area contributed by atoms with Gasteiger partial charge >= 0.3 is 7.82 Å². The van der Waals surface area contributed by atoms with Crippen LogP contribution in [0.2, 0.25) is 0 Å². The van der Waals surface area contributed by atoms with Crippen LogP contribution in [0.25, 0.3) is 10.8 Å². The highest BCUT2D eigenvalue weighted by Crippen LogP contribution is 2.47. The molecule has 25 heavy (non-hydrogen) atoms. The quantitative estimate of drug-likeness (QED) is 0.818. The van der Waals surface area contributed by atoms with Crippen LogP contribution in [0.1, 0.15) is 31.2 Å². The Morgan fingerprint density at radius 1 is 1.08 bits per heavy atom. The Hall–Kier alpha value is -1.90. The average Bonchev–Trinajstić information content (AvgIpc) is 2.83. The van der Waals surface area contributed by atoms with Crippen molar-refractivity contribution in [2.75, 3.05) is 4.90 Å². The fourth-order valence-electron chi connectivity index (χ4n) is 4.41. The van der Waals surface area contributed by atoms with Gasteiger partial charge in [0.25, 0.3) is 0 Å². The van der Waals surface area contributed by atoms with E-state index in [1.165, 1.54) is 0 Å². The Morgan fingerprint density at radius 3 is 2.32 bits per heavy atom. The van der Waals surface area contributed by atoms with E-state index in [2.05, 4.69) is 11.0 Å². The second-order valence-electron chi connectivity index (χ2n) is 6.77. The fraction of sp³-hybridized carbons (Fsp3) is 0.389. The summed E-state index contributed by atoms with van der Waals surface area (Å²) >= 11 is 0. The molecule has 0 saturated carbocycles. The molecule has 2 aromatic rings. The van der Waals surface area contributed by atoms with Crippen molar-refractivity contribution in [3.05, 3.63) is 42.0 Å². The molecule has 0 amide bonds. The van der Waals surface area contributed by atoms with E-state index in [0.717, 1.165) is 29.3 Å². The average molecular weight is 358 g/mol. The Kier molecular flexibility index (Phi) is 4.05. The molecular weight excluding hydrogens is 339 g/mol. The van der Waals surface area contributed by atoms with Gasteiger partial charge in [-0.15, -0.1) is 0 Å². The van der Waals surface area contributed by atoms with Crippen LogP contribution in [0, 0.1) is 11.3 Å². The second kappa shape index (κ2) is 6.12. The van der Waals surface area contributed by atoms with Crippen LogP contribution in [0.5, 0.6) is 0 Å². The molecule has 2 aromatic carbocycles. The van der Waals surface area contributed by atoms with Gasteiger partial charge < -0.3 is 14.7 Å². The highest BCUT2D eigenvalue weighted by atomic mass is 31.2. The summed E-state index contributed by atoms with van der Waals surface area (Å²) in [7, 11) is -4.46. The summed E-state index contributed by atoms with van der Waals surface area (Å²) in [6.07, 6.45) is 2.78. The van der Waals surface area contributed by atoms with Gasteiger partial charge in [-0.1, -0.05) is 24.3 Å². The molecule has 0 aliphatic carbocycles. The Morgan fingerprint density at radius 2 is 1.72 bits per heavy atom. The molecule has 2 heterocycles. The summed E-state index contributed by atoms with van der Waals surface area (Å²) in [5.41, 5.74) is 1.75. The van der Waals surface area contributed by atoms with Crippen molar-refractivity contribution in [3.8, 4) is 6.07 Å². The maximum Gasteiger partial charge on any atom is 0.469 e. The van der Waals surface area contributed by atoms with Gasteiger partial charge in [-0.2, -0.15) is 5.26 Å². The van der Waals surface area contributed by atoms with E-state index in [1.54, 1.807) is 0 Å². The lowest BCUT2D eigenvalue weighted by Crippen LogP contribution is -2.45. The molecule has 2 atom stereocenters. The van der Waals surface area contributed by atoms with Crippen LogP contribution in [0.15, 0.2) is 36.4 Å². The molecule has 0 aromatic heterocycles. The zero-order valence-corrected chi connectivity index (χ0v) is 14.5. The minimum Gasteiger partial charge on any atom is -0.365 e. The first-order valence-corrected chi connectivity index (χ1v) is 9.93. The van der Waals surface area contributed by atoms with E-state index in [0.29, 0.717) is 18.4 Å². The number of benzene rings is 2. The maximum atomic E-state index is 11.2. The first-order chi connectivity index (χ1) is 12.0. The number of fused-ring (bicyclic) bond motifs is 3. The van der Waals surface area contributed by atoms with Gasteiger partial charge in [-0.05, 0) is 37.8 Å². The van der Waals surface area contributed by atoms with Gasteiger partial charge in [0.05, 0.1) is 17.7 Å². The molecule has 2 fully saturated rings. The van der Waals surface area contributed by atoms with E-state index in [9.17, 15) is 9.83 Å². The van der Waals surface area contributed by atoms with Crippen molar-refractivity contribution in [1.82, 2.24) is 0 Å². The van der Waals surface area contributed by atoms with E-state index in [4.69, 9.17) is 14.3 Å². The summed E-state index contributed by atoms with van der Waals surface area (Å²) in [5, 5.41) is 11.3. The first kappa shape index (κ1) is 16.6. The number of anilines is 1. The highest BCUT2D eigenvalue weighted by Gasteiger charge is 2.43. The summed E-state index contributed by atoms with van der Waals surface area (Å²) in [5.74, 6) is 0.